The number of aromatic nitrogens is 2. The molecule has 3 nitrogen and oxygen atoms in total. The summed E-state index contributed by atoms with van der Waals surface area (Å²) >= 11 is 0. The number of hydrogen-bond donors (Lipinski definition) is 1. The topological polar surface area (TPSA) is 31.9 Å². The van der Waals surface area contributed by atoms with Crippen LogP contribution in [0.5, 0.6) is 0 Å². The third-order valence-corrected chi connectivity index (χ3v) is 3.93. The molecular formula is C16H21N3. The van der Waals surface area contributed by atoms with Gasteiger partial charge in [0.05, 0.1) is 6.04 Å². The molecule has 0 radical (unpaired) electrons. The molecule has 19 heavy (non-hydrogen) atoms. The second-order valence-electron chi connectivity index (χ2n) is 5.38. The van der Waals surface area contributed by atoms with Gasteiger partial charge in [-0.15, -0.1) is 0 Å². The van der Waals surface area contributed by atoms with Gasteiger partial charge >= 0.3 is 0 Å². The van der Waals surface area contributed by atoms with Gasteiger partial charge in [-0.25, -0.2) is 4.98 Å². The molecule has 0 amide bonds. The van der Waals surface area contributed by atoms with Gasteiger partial charge in [-0.2, -0.15) is 0 Å². The maximum absolute atomic E-state index is 4.51. The smallest absolute Gasteiger partial charge is 0.123 e. The molecule has 1 N–H and O–H groups in total. The first-order valence-electron chi connectivity index (χ1n) is 7.12. The SMILES string of the molecule is Cc1cnc([C@@H]2CCCN2CCc2ccccc2)[nH]1. The molecule has 2 heterocycles. The third-order valence-electron chi connectivity index (χ3n) is 3.93. The van der Waals surface area contributed by atoms with Gasteiger partial charge in [0.25, 0.3) is 0 Å². The fourth-order valence-electron chi connectivity index (χ4n) is 2.92. The predicted octanol–water partition coefficient (Wildman–Crippen LogP) is 3.10. The van der Waals surface area contributed by atoms with E-state index in [9.17, 15) is 0 Å². The average molecular weight is 255 g/mol. The van der Waals surface area contributed by atoms with Crippen molar-refractivity contribution in [3.8, 4) is 0 Å². The maximum atomic E-state index is 4.51. The summed E-state index contributed by atoms with van der Waals surface area (Å²) in [6, 6.07) is 11.2. The molecule has 1 atom stereocenters. The molecule has 1 aromatic carbocycles. The molecule has 1 aliphatic heterocycles. The highest BCUT2D eigenvalue weighted by atomic mass is 15.2. The van der Waals surface area contributed by atoms with Gasteiger partial charge < -0.3 is 4.98 Å². The first kappa shape index (κ1) is 12.4. The normalized spacial score (nSPS) is 19.9. The number of H-pyrrole nitrogens is 1. The van der Waals surface area contributed by atoms with Gasteiger partial charge in [0.2, 0.25) is 0 Å². The summed E-state index contributed by atoms with van der Waals surface area (Å²) in [4.78, 5) is 10.5. The van der Waals surface area contributed by atoms with Crippen LogP contribution in [0.25, 0.3) is 0 Å². The minimum Gasteiger partial charge on any atom is -0.345 e. The van der Waals surface area contributed by atoms with E-state index in [-0.39, 0.29) is 0 Å². The fourth-order valence-corrected chi connectivity index (χ4v) is 2.92. The summed E-state index contributed by atoms with van der Waals surface area (Å²) in [6.45, 7) is 4.38. The maximum Gasteiger partial charge on any atom is 0.123 e. The number of benzene rings is 1. The zero-order chi connectivity index (χ0) is 13.1. The number of hydrogen-bond acceptors (Lipinski definition) is 2. The van der Waals surface area contributed by atoms with Crippen LogP contribution in [0.1, 0.15) is 36.0 Å². The molecule has 0 unspecified atom stereocenters. The van der Waals surface area contributed by atoms with E-state index in [1.807, 2.05) is 6.20 Å². The third kappa shape index (κ3) is 2.87. The summed E-state index contributed by atoms with van der Waals surface area (Å²) in [5, 5.41) is 0. The molecule has 1 aliphatic rings. The highest BCUT2D eigenvalue weighted by Crippen LogP contribution is 2.29. The van der Waals surface area contributed by atoms with Crippen molar-refractivity contribution < 1.29 is 0 Å². The Balaban J connectivity index is 1.64. The minimum absolute atomic E-state index is 0.484. The van der Waals surface area contributed by atoms with Crippen molar-refractivity contribution in [3.63, 3.8) is 0 Å². The largest absolute Gasteiger partial charge is 0.345 e. The Kier molecular flexibility index (Phi) is 3.65. The van der Waals surface area contributed by atoms with E-state index in [0.717, 1.165) is 24.5 Å². The van der Waals surface area contributed by atoms with E-state index in [1.54, 1.807) is 0 Å². The molecule has 1 saturated heterocycles. The summed E-state index contributed by atoms with van der Waals surface area (Å²) in [7, 11) is 0. The van der Waals surface area contributed by atoms with Crippen LogP contribution in [0.2, 0.25) is 0 Å². The van der Waals surface area contributed by atoms with Crippen molar-refractivity contribution in [2.24, 2.45) is 0 Å². The number of rotatable bonds is 4. The lowest BCUT2D eigenvalue weighted by atomic mass is 10.1. The lowest BCUT2D eigenvalue weighted by Crippen LogP contribution is -2.26. The number of nitrogens with zero attached hydrogens (tertiary/aromatic N) is 2. The summed E-state index contributed by atoms with van der Waals surface area (Å²) < 4.78 is 0. The van der Waals surface area contributed by atoms with Crippen LogP contribution in [0.3, 0.4) is 0 Å². The zero-order valence-corrected chi connectivity index (χ0v) is 11.5. The number of aromatic amines is 1. The van der Waals surface area contributed by atoms with Crippen molar-refractivity contribution in [2.45, 2.75) is 32.2 Å². The molecule has 3 rings (SSSR count). The van der Waals surface area contributed by atoms with Crippen molar-refractivity contribution in [1.82, 2.24) is 14.9 Å². The molecular weight excluding hydrogens is 234 g/mol. The van der Waals surface area contributed by atoms with Crippen molar-refractivity contribution >= 4 is 0 Å². The minimum atomic E-state index is 0.484. The number of nitrogens with one attached hydrogen (secondary N) is 1. The van der Waals surface area contributed by atoms with Crippen LogP contribution in [-0.4, -0.2) is 28.0 Å². The molecule has 1 aromatic heterocycles. The molecule has 0 aliphatic carbocycles. The van der Waals surface area contributed by atoms with E-state index in [0.29, 0.717) is 6.04 Å². The van der Waals surface area contributed by atoms with Crippen LogP contribution in [0, 0.1) is 6.92 Å². The average Bonchev–Trinajstić information content (AvgIpc) is 3.06. The predicted molar refractivity (Wildman–Crippen MR) is 77.0 cm³/mol. The van der Waals surface area contributed by atoms with Crippen LogP contribution in [0.4, 0.5) is 0 Å². The van der Waals surface area contributed by atoms with Crippen molar-refractivity contribution in [2.75, 3.05) is 13.1 Å². The van der Waals surface area contributed by atoms with Gasteiger partial charge in [0.1, 0.15) is 5.82 Å². The number of aryl methyl sites for hydroxylation is 1. The first-order chi connectivity index (χ1) is 9.33. The van der Waals surface area contributed by atoms with Crippen LogP contribution in [0.15, 0.2) is 36.5 Å². The second-order valence-corrected chi connectivity index (χ2v) is 5.38. The summed E-state index contributed by atoms with van der Waals surface area (Å²) in [6.07, 6.45) is 5.56. The van der Waals surface area contributed by atoms with Crippen LogP contribution in [-0.2, 0) is 6.42 Å². The Morgan fingerprint density at radius 3 is 2.89 bits per heavy atom. The monoisotopic (exact) mass is 255 g/mol. The fraction of sp³-hybridized carbons (Fsp3) is 0.438. The Hall–Kier alpha value is -1.61. The second kappa shape index (κ2) is 5.57. The zero-order valence-electron chi connectivity index (χ0n) is 11.5. The van der Waals surface area contributed by atoms with E-state index in [4.69, 9.17) is 0 Å². The van der Waals surface area contributed by atoms with Gasteiger partial charge in [-0.05, 0) is 38.3 Å². The summed E-state index contributed by atoms with van der Waals surface area (Å²) in [5.41, 5.74) is 2.58. The Bertz CT molecular complexity index is 518. The summed E-state index contributed by atoms with van der Waals surface area (Å²) in [5.74, 6) is 1.14. The first-order valence-corrected chi connectivity index (χ1v) is 7.12. The molecule has 2 aromatic rings. The Labute approximate surface area is 114 Å². The number of imidazole rings is 1. The number of likely N-dealkylation sites (tertiary alicyclic amines) is 1. The molecule has 1 fully saturated rings. The van der Waals surface area contributed by atoms with Gasteiger partial charge in [0, 0.05) is 18.4 Å². The molecule has 100 valence electrons. The van der Waals surface area contributed by atoms with E-state index in [1.165, 1.54) is 24.9 Å². The molecule has 0 saturated carbocycles. The van der Waals surface area contributed by atoms with E-state index in [2.05, 4.69) is 52.1 Å². The van der Waals surface area contributed by atoms with E-state index >= 15 is 0 Å². The van der Waals surface area contributed by atoms with Crippen molar-refractivity contribution in [1.29, 1.82) is 0 Å². The van der Waals surface area contributed by atoms with E-state index < -0.39 is 0 Å². The van der Waals surface area contributed by atoms with Crippen LogP contribution >= 0.6 is 0 Å². The quantitative estimate of drug-likeness (QED) is 0.910. The lowest BCUT2D eigenvalue weighted by molar-refractivity contribution is 0.252. The highest BCUT2D eigenvalue weighted by molar-refractivity contribution is 5.15. The van der Waals surface area contributed by atoms with Gasteiger partial charge in [-0.1, -0.05) is 30.3 Å². The standard InChI is InChI=1S/C16H21N3/c1-13-12-17-16(18-13)15-8-5-10-19(15)11-9-14-6-3-2-4-7-14/h2-4,6-7,12,15H,5,8-11H2,1H3,(H,17,18)/t15-/m0/s1. The Morgan fingerprint density at radius 2 is 2.16 bits per heavy atom. The molecule has 3 heteroatoms. The highest BCUT2D eigenvalue weighted by Gasteiger charge is 2.27. The van der Waals surface area contributed by atoms with Gasteiger partial charge in [-0.3, -0.25) is 4.90 Å². The van der Waals surface area contributed by atoms with Gasteiger partial charge in [0.15, 0.2) is 0 Å². The Morgan fingerprint density at radius 1 is 1.32 bits per heavy atom. The lowest BCUT2D eigenvalue weighted by Gasteiger charge is -2.22. The van der Waals surface area contributed by atoms with Crippen molar-refractivity contribution in [3.05, 3.63) is 53.6 Å². The van der Waals surface area contributed by atoms with Crippen LogP contribution < -0.4 is 0 Å². The molecule has 0 bridgehead atoms. The molecule has 0 spiro atoms.